The number of hydrogen-bond donors (Lipinski definition) is 2. The molecule has 1 aromatic heterocycles. The number of H-pyrrole nitrogens is 1. The molecule has 1 heterocycles. The molecule has 0 fully saturated rings. The highest BCUT2D eigenvalue weighted by Crippen LogP contribution is 2.16. The Balaban J connectivity index is 1.54. The summed E-state index contributed by atoms with van der Waals surface area (Å²) in [7, 11) is 1.68. The van der Waals surface area contributed by atoms with Crippen LogP contribution >= 0.6 is 11.6 Å². The van der Waals surface area contributed by atoms with Crippen LogP contribution in [-0.2, 0) is 0 Å². The maximum atomic E-state index is 12.4. The molecule has 0 aliphatic heterocycles. The predicted molar refractivity (Wildman–Crippen MR) is 108 cm³/mol. The van der Waals surface area contributed by atoms with Crippen molar-refractivity contribution in [2.45, 2.75) is 6.42 Å². The lowest BCUT2D eigenvalue weighted by atomic mass is 10.2. The van der Waals surface area contributed by atoms with Crippen molar-refractivity contribution in [1.82, 2.24) is 20.2 Å². The van der Waals surface area contributed by atoms with Crippen LogP contribution in [0.5, 0.6) is 0 Å². The number of aromatic nitrogens is 2. The molecule has 0 radical (unpaired) electrons. The summed E-state index contributed by atoms with van der Waals surface area (Å²) in [4.78, 5) is 44.9. The van der Waals surface area contributed by atoms with E-state index in [4.69, 9.17) is 11.6 Å². The number of amides is 2. The van der Waals surface area contributed by atoms with Gasteiger partial charge in [-0.2, -0.15) is 0 Å². The Bertz CT molecular complexity index is 1080. The number of nitrogens with one attached hydrogen (secondary N) is 2. The zero-order chi connectivity index (χ0) is 20.1. The number of halogens is 1. The largest absolute Gasteiger partial charge is 0.349 e. The number of hydrogen-bond acceptors (Lipinski definition) is 4. The first-order valence-corrected chi connectivity index (χ1v) is 9.12. The van der Waals surface area contributed by atoms with Crippen molar-refractivity contribution in [2.24, 2.45) is 0 Å². The van der Waals surface area contributed by atoms with Gasteiger partial charge in [-0.15, -0.1) is 0 Å². The van der Waals surface area contributed by atoms with Crippen LogP contribution in [0.15, 0.2) is 53.3 Å². The van der Waals surface area contributed by atoms with Crippen molar-refractivity contribution in [3.05, 3.63) is 75.3 Å². The van der Waals surface area contributed by atoms with Crippen LogP contribution in [0.25, 0.3) is 10.9 Å². The molecule has 8 heteroatoms. The monoisotopic (exact) mass is 398 g/mol. The van der Waals surface area contributed by atoms with E-state index in [1.807, 2.05) is 0 Å². The Labute approximate surface area is 166 Å². The van der Waals surface area contributed by atoms with Crippen LogP contribution in [0.3, 0.4) is 0 Å². The highest BCUT2D eigenvalue weighted by atomic mass is 35.5. The molecule has 2 N–H and O–H groups in total. The second-order valence-electron chi connectivity index (χ2n) is 6.25. The van der Waals surface area contributed by atoms with Gasteiger partial charge in [-0.3, -0.25) is 14.4 Å². The lowest BCUT2D eigenvalue weighted by Gasteiger charge is -2.18. The summed E-state index contributed by atoms with van der Waals surface area (Å²) in [5.41, 5.74) is 0.538. The molecule has 3 rings (SSSR count). The summed E-state index contributed by atoms with van der Waals surface area (Å²) in [6, 6.07) is 13.7. The highest BCUT2D eigenvalue weighted by Gasteiger charge is 2.15. The summed E-state index contributed by atoms with van der Waals surface area (Å²) in [5, 5.41) is 3.53. The maximum absolute atomic E-state index is 12.4. The average molecular weight is 399 g/mol. The normalized spacial score (nSPS) is 10.6. The molecule has 7 nitrogen and oxygen atoms in total. The summed E-state index contributed by atoms with van der Waals surface area (Å²) in [5.74, 6) is -0.690. The number of nitrogens with zero attached hydrogens (tertiary/aromatic N) is 2. The van der Waals surface area contributed by atoms with Gasteiger partial charge in [0.15, 0.2) is 5.82 Å². The fourth-order valence-electron chi connectivity index (χ4n) is 2.74. The van der Waals surface area contributed by atoms with Gasteiger partial charge in [0.25, 0.3) is 17.4 Å². The fraction of sp³-hybridized carbons (Fsp3) is 0.200. The first kappa shape index (κ1) is 19.6. The van der Waals surface area contributed by atoms with Crippen LogP contribution in [0, 0.1) is 0 Å². The zero-order valence-corrected chi connectivity index (χ0v) is 16.0. The van der Waals surface area contributed by atoms with E-state index < -0.39 is 5.91 Å². The standard InChI is InChI=1S/C20H19ClN4O3/c1-25(20(28)13-7-2-4-9-15(13)21)12-6-11-22-19(27)17-23-16-10-5-3-8-14(16)18(26)24-17/h2-5,7-10H,6,11-12H2,1H3,(H,22,27)(H,23,24,26). The highest BCUT2D eigenvalue weighted by molar-refractivity contribution is 6.33. The van der Waals surface area contributed by atoms with Crippen LogP contribution in [0.2, 0.25) is 5.02 Å². The zero-order valence-electron chi connectivity index (χ0n) is 15.2. The van der Waals surface area contributed by atoms with Crippen LogP contribution < -0.4 is 10.9 Å². The molecule has 2 amide bonds. The number of carbonyl (C=O) groups excluding carboxylic acids is 2. The van der Waals surface area contributed by atoms with Gasteiger partial charge in [-0.1, -0.05) is 35.9 Å². The third-order valence-corrected chi connectivity index (χ3v) is 4.56. The third-order valence-electron chi connectivity index (χ3n) is 4.23. The molecule has 2 aromatic carbocycles. The van der Waals surface area contributed by atoms with Gasteiger partial charge in [-0.25, -0.2) is 4.98 Å². The van der Waals surface area contributed by atoms with E-state index in [-0.39, 0.29) is 17.3 Å². The molecular formula is C20H19ClN4O3. The molecule has 28 heavy (non-hydrogen) atoms. The number of aromatic amines is 1. The van der Waals surface area contributed by atoms with E-state index in [1.165, 1.54) is 0 Å². The number of fused-ring (bicyclic) bond motifs is 1. The number of benzene rings is 2. The van der Waals surface area contributed by atoms with Crippen molar-refractivity contribution in [1.29, 1.82) is 0 Å². The SMILES string of the molecule is CN(CCCNC(=O)c1nc2ccccc2c(=O)[nH]1)C(=O)c1ccccc1Cl. The molecule has 3 aromatic rings. The topological polar surface area (TPSA) is 95.2 Å². The van der Waals surface area contributed by atoms with E-state index in [9.17, 15) is 14.4 Å². The third kappa shape index (κ3) is 4.37. The van der Waals surface area contributed by atoms with Gasteiger partial charge in [0.05, 0.1) is 21.5 Å². The Morgan fingerprint density at radius 2 is 1.86 bits per heavy atom. The van der Waals surface area contributed by atoms with Crippen LogP contribution in [-0.4, -0.2) is 46.8 Å². The molecule has 0 saturated heterocycles. The summed E-state index contributed by atoms with van der Waals surface area (Å²) < 4.78 is 0. The Morgan fingerprint density at radius 1 is 1.14 bits per heavy atom. The minimum atomic E-state index is -0.470. The minimum absolute atomic E-state index is 0.0378. The number of para-hydroxylation sites is 1. The quantitative estimate of drug-likeness (QED) is 0.623. The molecule has 0 unspecified atom stereocenters. The minimum Gasteiger partial charge on any atom is -0.349 e. The number of rotatable bonds is 6. The first-order chi connectivity index (χ1) is 13.5. The van der Waals surface area contributed by atoms with Gasteiger partial charge in [-0.05, 0) is 30.7 Å². The van der Waals surface area contributed by atoms with Gasteiger partial charge in [0.2, 0.25) is 0 Å². The Morgan fingerprint density at radius 3 is 2.64 bits per heavy atom. The van der Waals surface area contributed by atoms with Crippen molar-refractivity contribution in [3.63, 3.8) is 0 Å². The second kappa shape index (κ2) is 8.67. The van der Waals surface area contributed by atoms with Crippen molar-refractivity contribution in [2.75, 3.05) is 20.1 Å². The van der Waals surface area contributed by atoms with Gasteiger partial charge < -0.3 is 15.2 Å². The first-order valence-electron chi connectivity index (χ1n) is 8.74. The molecule has 0 atom stereocenters. The van der Waals surface area contributed by atoms with Crippen molar-refractivity contribution >= 4 is 34.3 Å². The Hall–Kier alpha value is -3.19. The molecule has 0 aliphatic carbocycles. The van der Waals surface area contributed by atoms with Gasteiger partial charge in [0.1, 0.15) is 0 Å². The lowest BCUT2D eigenvalue weighted by Crippen LogP contribution is -2.33. The van der Waals surface area contributed by atoms with Crippen molar-refractivity contribution < 1.29 is 9.59 Å². The van der Waals surface area contributed by atoms with Crippen LogP contribution in [0.1, 0.15) is 27.4 Å². The van der Waals surface area contributed by atoms with E-state index in [1.54, 1.807) is 60.5 Å². The van der Waals surface area contributed by atoms with E-state index >= 15 is 0 Å². The fourth-order valence-corrected chi connectivity index (χ4v) is 2.95. The molecular weight excluding hydrogens is 380 g/mol. The number of carbonyl (C=O) groups is 2. The smallest absolute Gasteiger partial charge is 0.287 e. The van der Waals surface area contributed by atoms with E-state index in [2.05, 4.69) is 15.3 Å². The van der Waals surface area contributed by atoms with Crippen LogP contribution in [0.4, 0.5) is 0 Å². The molecule has 0 spiro atoms. The average Bonchev–Trinajstić information content (AvgIpc) is 2.70. The van der Waals surface area contributed by atoms with Gasteiger partial charge in [0, 0.05) is 20.1 Å². The van der Waals surface area contributed by atoms with Crippen molar-refractivity contribution in [3.8, 4) is 0 Å². The molecule has 0 saturated carbocycles. The molecule has 144 valence electrons. The van der Waals surface area contributed by atoms with E-state index in [0.29, 0.717) is 41.0 Å². The maximum Gasteiger partial charge on any atom is 0.287 e. The Kier molecular flexibility index (Phi) is 6.06. The van der Waals surface area contributed by atoms with E-state index in [0.717, 1.165) is 0 Å². The summed E-state index contributed by atoms with van der Waals surface area (Å²) >= 11 is 6.05. The molecule has 0 bridgehead atoms. The lowest BCUT2D eigenvalue weighted by molar-refractivity contribution is 0.0793. The summed E-state index contributed by atoms with van der Waals surface area (Å²) in [6.07, 6.45) is 0.538. The molecule has 0 aliphatic rings. The van der Waals surface area contributed by atoms with Gasteiger partial charge >= 0.3 is 0 Å². The predicted octanol–water partition coefficient (Wildman–Crippen LogP) is 2.47. The summed E-state index contributed by atoms with van der Waals surface area (Å²) in [6.45, 7) is 0.765. The second-order valence-corrected chi connectivity index (χ2v) is 6.65.